The average Bonchev–Trinajstić information content (AvgIpc) is 3.06. The summed E-state index contributed by atoms with van der Waals surface area (Å²) in [6, 6.07) is 14.8. The normalized spacial score (nSPS) is 18.1. The summed E-state index contributed by atoms with van der Waals surface area (Å²) in [5.74, 6) is 0.211. The lowest BCUT2D eigenvalue weighted by molar-refractivity contribution is -0.137. The Hall–Kier alpha value is -2.54. The fourth-order valence-corrected chi connectivity index (χ4v) is 4.31. The zero-order chi connectivity index (χ0) is 20.8. The van der Waals surface area contributed by atoms with Crippen LogP contribution in [0.15, 0.2) is 64.2 Å². The molecule has 0 bridgehead atoms. The Balaban J connectivity index is 2.01. The van der Waals surface area contributed by atoms with Crippen LogP contribution in [0.1, 0.15) is 30.2 Å². The molecule has 0 saturated heterocycles. The van der Waals surface area contributed by atoms with Crippen LogP contribution in [0.25, 0.3) is 16.9 Å². The molecule has 1 aromatic heterocycles. The first-order valence-corrected chi connectivity index (χ1v) is 9.96. The van der Waals surface area contributed by atoms with Crippen molar-refractivity contribution in [2.75, 3.05) is 0 Å². The third-order valence-electron chi connectivity index (χ3n) is 5.17. The van der Waals surface area contributed by atoms with Crippen molar-refractivity contribution < 1.29 is 18.4 Å². The number of nitrogens with zero attached hydrogens (tertiary/aromatic N) is 2. The Kier molecular flexibility index (Phi) is 5.02. The van der Waals surface area contributed by atoms with Gasteiger partial charge in [0, 0.05) is 21.4 Å². The Morgan fingerprint density at radius 3 is 2.52 bits per heavy atom. The number of rotatable bonds is 2. The van der Waals surface area contributed by atoms with Crippen LogP contribution in [-0.2, 0) is 12.6 Å². The van der Waals surface area contributed by atoms with Gasteiger partial charge in [0.1, 0.15) is 0 Å². The van der Waals surface area contributed by atoms with E-state index in [0.29, 0.717) is 24.2 Å². The SMILES string of the molecule is C[C@@H]1C/C(=N\O)c2cc(-c3cccc(Br)c3)n(-c3cccc(C(F)(F)F)c3)c2C1. The first kappa shape index (κ1) is 19.8. The van der Waals surface area contributed by atoms with Crippen LogP contribution < -0.4 is 0 Å². The standard InChI is InChI=1S/C22H18BrF3N2O/c1-13-8-19(27-29)18-12-20(14-4-2-6-16(23)10-14)28(21(18)9-13)17-7-3-5-15(11-17)22(24,25)26/h2-7,10-13,29H,8-9H2,1H3/b27-19+/t13-/m1/s1. The van der Waals surface area contributed by atoms with Crippen LogP contribution in [0.2, 0.25) is 0 Å². The second-order valence-electron chi connectivity index (χ2n) is 7.34. The molecule has 7 heteroatoms. The van der Waals surface area contributed by atoms with Crippen molar-refractivity contribution in [3.05, 3.63) is 75.9 Å². The van der Waals surface area contributed by atoms with Crippen LogP contribution in [0.5, 0.6) is 0 Å². The van der Waals surface area contributed by atoms with Gasteiger partial charge in [0.2, 0.25) is 0 Å². The van der Waals surface area contributed by atoms with Gasteiger partial charge in [-0.05, 0) is 60.7 Å². The number of fused-ring (bicyclic) bond motifs is 1. The van der Waals surface area contributed by atoms with Crippen molar-refractivity contribution in [1.29, 1.82) is 0 Å². The molecule has 0 unspecified atom stereocenters. The molecule has 3 nitrogen and oxygen atoms in total. The summed E-state index contributed by atoms with van der Waals surface area (Å²) in [7, 11) is 0. The minimum atomic E-state index is -4.43. The third kappa shape index (κ3) is 3.71. The molecule has 2 aromatic carbocycles. The van der Waals surface area contributed by atoms with Crippen molar-refractivity contribution >= 4 is 21.6 Å². The summed E-state index contributed by atoms with van der Waals surface area (Å²) in [6.45, 7) is 2.04. The maximum Gasteiger partial charge on any atom is 0.416 e. The molecule has 4 rings (SSSR count). The van der Waals surface area contributed by atoms with Crippen LogP contribution in [0, 0.1) is 5.92 Å². The number of benzene rings is 2. The second-order valence-corrected chi connectivity index (χ2v) is 8.26. The molecule has 1 N–H and O–H groups in total. The summed E-state index contributed by atoms with van der Waals surface area (Å²) < 4.78 is 42.7. The van der Waals surface area contributed by atoms with Crippen molar-refractivity contribution in [3.8, 4) is 16.9 Å². The summed E-state index contributed by atoms with van der Waals surface area (Å²) in [4.78, 5) is 0. The Morgan fingerprint density at radius 1 is 1.07 bits per heavy atom. The van der Waals surface area contributed by atoms with Gasteiger partial charge in [-0.1, -0.05) is 46.2 Å². The van der Waals surface area contributed by atoms with E-state index in [1.807, 2.05) is 41.8 Å². The lowest BCUT2D eigenvalue weighted by Crippen LogP contribution is -2.20. The first-order valence-electron chi connectivity index (χ1n) is 9.17. The number of aromatic nitrogens is 1. The number of hydrogen-bond acceptors (Lipinski definition) is 2. The van der Waals surface area contributed by atoms with Gasteiger partial charge in [0.05, 0.1) is 17.0 Å². The zero-order valence-corrected chi connectivity index (χ0v) is 17.1. The molecule has 29 heavy (non-hydrogen) atoms. The Bertz CT molecular complexity index is 1100. The van der Waals surface area contributed by atoms with Crippen molar-refractivity contribution in [2.24, 2.45) is 11.1 Å². The Labute approximate surface area is 174 Å². The molecule has 0 amide bonds. The van der Waals surface area contributed by atoms with Gasteiger partial charge >= 0.3 is 6.18 Å². The van der Waals surface area contributed by atoms with Gasteiger partial charge in [-0.3, -0.25) is 0 Å². The topological polar surface area (TPSA) is 37.5 Å². The van der Waals surface area contributed by atoms with Gasteiger partial charge < -0.3 is 9.77 Å². The van der Waals surface area contributed by atoms with E-state index in [4.69, 9.17) is 0 Å². The predicted octanol–water partition coefficient (Wildman–Crippen LogP) is 6.69. The third-order valence-corrected chi connectivity index (χ3v) is 5.66. The molecule has 1 aliphatic carbocycles. The van der Waals surface area contributed by atoms with E-state index in [1.54, 1.807) is 6.07 Å². The summed E-state index contributed by atoms with van der Waals surface area (Å²) >= 11 is 3.46. The van der Waals surface area contributed by atoms with Crippen LogP contribution in [0.3, 0.4) is 0 Å². The largest absolute Gasteiger partial charge is 0.416 e. The molecule has 0 radical (unpaired) electrons. The second kappa shape index (κ2) is 7.37. The van der Waals surface area contributed by atoms with E-state index in [-0.39, 0.29) is 5.92 Å². The number of alkyl halides is 3. The summed E-state index contributed by atoms with van der Waals surface area (Å²) in [6.07, 6.45) is -3.13. The quantitative estimate of drug-likeness (QED) is 0.334. The van der Waals surface area contributed by atoms with E-state index >= 15 is 0 Å². The predicted molar refractivity (Wildman–Crippen MR) is 110 cm³/mol. The average molecular weight is 463 g/mol. The van der Waals surface area contributed by atoms with E-state index in [2.05, 4.69) is 21.1 Å². The van der Waals surface area contributed by atoms with E-state index < -0.39 is 11.7 Å². The molecule has 0 saturated carbocycles. The van der Waals surface area contributed by atoms with Crippen LogP contribution >= 0.6 is 15.9 Å². The van der Waals surface area contributed by atoms with Crippen molar-refractivity contribution in [2.45, 2.75) is 25.9 Å². The van der Waals surface area contributed by atoms with E-state index in [1.165, 1.54) is 6.07 Å². The molecule has 1 atom stereocenters. The number of oxime groups is 1. The lowest BCUT2D eigenvalue weighted by atomic mass is 9.87. The summed E-state index contributed by atoms with van der Waals surface area (Å²) in [5.41, 5.74) is 3.53. The lowest BCUT2D eigenvalue weighted by Gasteiger charge is -2.23. The monoisotopic (exact) mass is 462 g/mol. The zero-order valence-electron chi connectivity index (χ0n) is 15.5. The Morgan fingerprint density at radius 2 is 1.83 bits per heavy atom. The minimum Gasteiger partial charge on any atom is -0.411 e. The van der Waals surface area contributed by atoms with E-state index in [0.717, 1.165) is 39.1 Å². The molecule has 1 aliphatic rings. The maximum atomic E-state index is 13.3. The van der Waals surface area contributed by atoms with Gasteiger partial charge in [0.25, 0.3) is 0 Å². The summed E-state index contributed by atoms with van der Waals surface area (Å²) in [5, 5.41) is 13.0. The fraction of sp³-hybridized carbons (Fsp3) is 0.227. The maximum absolute atomic E-state index is 13.3. The first-order chi connectivity index (χ1) is 13.8. The molecular weight excluding hydrogens is 445 g/mol. The molecule has 0 spiro atoms. The highest BCUT2D eigenvalue weighted by Crippen LogP contribution is 2.38. The number of hydrogen-bond donors (Lipinski definition) is 1. The molecule has 0 aliphatic heterocycles. The number of halogens is 4. The molecule has 150 valence electrons. The van der Waals surface area contributed by atoms with Gasteiger partial charge in [-0.15, -0.1) is 0 Å². The molecule has 3 aromatic rings. The highest BCUT2D eigenvalue weighted by Gasteiger charge is 2.32. The van der Waals surface area contributed by atoms with Crippen molar-refractivity contribution in [3.63, 3.8) is 0 Å². The van der Waals surface area contributed by atoms with Crippen molar-refractivity contribution in [1.82, 2.24) is 4.57 Å². The molecule has 1 heterocycles. The van der Waals surface area contributed by atoms with Gasteiger partial charge in [-0.25, -0.2) is 0 Å². The fourth-order valence-electron chi connectivity index (χ4n) is 3.91. The van der Waals surface area contributed by atoms with Gasteiger partial charge in [-0.2, -0.15) is 13.2 Å². The smallest absolute Gasteiger partial charge is 0.411 e. The molecular formula is C22H18BrF3N2O. The highest BCUT2D eigenvalue weighted by molar-refractivity contribution is 9.10. The molecule has 0 fully saturated rings. The van der Waals surface area contributed by atoms with E-state index in [9.17, 15) is 18.4 Å². The minimum absolute atomic E-state index is 0.211. The van der Waals surface area contributed by atoms with Crippen LogP contribution in [-0.4, -0.2) is 15.5 Å². The highest BCUT2D eigenvalue weighted by atomic mass is 79.9. The van der Waals surface area contributed by atoms with Gasteiger partial charge in [0.15, 0.2) is 0 Å². The van der Waals surface area contributed by atoms with Crippen LogP contribution in [0.4, 0.5) is 13.2 Å².